The standard InChI is InChI=1S/C29H44O6/c1-15-6-9-29(33-14-15)16(2)26-24(35-29)12-20-18-10-22(31)21-11-23(32)25(34-17(3)30)13-28(21,5)19(18)7-8-27(20,26)4/h15-16,18-21,23-26,32H,6-14H2,1-5H3/t15?,16-,18+,19-,20-,21+,23+,24-,25-,26-,27-,28+,29+/m0/s1. The molecule has 1 unspecified atom stereocenters. The molecule has 2 saturated heterocycles. The molecule has 4 aliphatic carbocycles. The molecule has 6 heteroatoms. The first kappa shape index (κ1) is 24.4. The minimum Gasteiger partial charge on any atom is -0.460 e. The summed E-state index contributed by atoms with van der Waals surface area (Å²) in [4.78, 5) is 25.3. The number of hydrogen-bond donors (Lipinski definition) is 1. The Morgan fingerprint density at radius 3 is 2.54 bits per heavy atom. The Labute approximate surface area is 209 Å². The largest absolute Gasteiger partial charge is 0.460 e. The fourth-order valence-corrected chi connectivity index (χ4v) is 10.4. The summed E-state index contributed by atoms with van der Waals surface area (Å²) in [6.45, 7) is 11.5. The van der Waals surface area contributed by atoms with Crippen LogP contribution < -0.4 is 0 Å². The van der Waals surface area contributed by atoms with E-state index >= 15 is 0 Å². The summed E-state index contributed by atoms with van der Waals surface area (Å²) in [5.74, 6) is 2.09. The molecule has 6 rings (SSSR count). The lowest BCUT2D eigenvalue weighted by Crippen LogP contribution is -2.60. The molecule has 1 N–H and O–H groups in total. The van der Waals surface area contributed by atoms with Gasteiger partial charge in [-0.15, -0.1) is 0 Å². The molecule has 13 atom stereocenters. The van der Waals surface area contributed by atoms with Crippen molar-refractivity contribution in [1.29, 1.82) is 0 Å². The van der Waals surface area contributed by atoms with Crippen molar-refractivity contribution in [2.45, 2.75) is 110 Å². The number of aliphatic hydroxyl groups is 1. The van der Waals surface area contributed by atoms with E-state index < -0.39 is 18.0 Å². The van der Waals surface area contributed by atoms with Crippen LogP contribution in [0.3, 0.4) is 0 Å². The molecule has 0 radical (unpaired) electrons. The molecule has 2 aliphatic heterocycles. The number of carbonyl (C=O) groups excluding carboxylic acids is 2. The van der Waals surface area contributed by atoms with Crippen molar-refractivity contribution < 1.29 is 28.9 Å². The van der Waals surface area contributed by atoms with Crippen molar-refractivity contribution in [1.82, 2.24) is 0 Å². The maximum absolute atomic E-state index is 13.6. The predicted octanol–water partition coefficient (Wildman–Crippen LogP) is 4.51. The lowest BCUT2D eigenvalue weighted by molar-refractivity contribution is -0.273. The van der Waals surface area contributed by atoms with Crippen LogP contribution in [-0.2, 0) is 23.8 Å². The van der Waals surface area contributed by atoms with Gasteiger partial charge >= 0.3 is 5.97 Å². The number of Topliss-reactive ketones (excluding diaryl/α,β-unsaturated/α-hetero) is 1. The molecule has 6 nitrogen and oxygen atoms in total. The first-order chi connectivity index (χ1) is 16.5. The van der Waals surface area contributed by atoms with E-state index in [1.165, 1.54) is 6.92 Å². The molecule has 196 valence electrons. The number of aliphatic hydroxyl groups excluding tert-OH is 1. The van der Waals surface area contributed by atoms with E-state index in [1.807, 2.05) is 0 Å². The van der Waals surface area contributed by atoms with Crippen LogP contribution in [-0.4, -0.2) is 47.6 Å². The summed E-state index contributed by atoms with van der Waals surface area (Å²) in [5, 5.41) is 10.7. The summed E-state index contributed by atoms with van der Waals surface area (Å²) in [6, 6.07) is 0. The second-order valence-electron chi connectivity index (χ2n) is 13.8. The molecular formula is C29H44O6. The number of hydrogen-bond acceptors (Lipinski definition) is 6. The van der Waals surface area contributed by atoms with E-state index in [2.05, 4.69) is 27.7 Å². The van der Waals surface area contributed by atoms with E-state index in [4.69, 9.17) is 14.2 Å². The van der Waals surface area contributed by atoms with Gasteiger partial charge in [-0.2, -0.15) is 0 Å². The van der Waals surface area contributed by atoms with Crippen molar-refractivity contribution in [3.8, 4) is 0 Å². The van der Waals surface area contributed by atoms with Gasteiger partial charge in [-0.05, 0) is 78.9 Å². The Balaban J connectivity index is 1.27. The third-order valence-corrected chi connectivity index (χ3v) is 12.0. The van der Waals surface area contributed by atoms with Crippen molar-refractivity contribution in [3.63, 3.8) is 0 Å². The summed E-state index contributed by atoms with van der Waals surface area (Å²) in [6.07, 6.45) is 6.03. The fourth-order valence-electron chi connectivity index (χ4n) is 10.4. The van der Waals surface area contributed by atoms with Gasteiger partial charge < -0.3 is 19.3 Å². The zero-order valence-electron chi connectivity index (χ0n) is 22.1. The maximum atomic E-state index is 13.6. The zero-order valence-corrected chi connectivity index (χ0v) is 22.1. The van der Waals surface area contributed by atoms with E-state index in [9.17, 15) is 14.7 Å². The minimum absolute atomic E-state index is 0.133. The summed E-state index contributed by atoms with van der Waals surface area (Å²) in [7, 11) is 0. The normalized spacial score (nSPS) is 57.3. The second kappa shape index (κ2) is 8.01. The van der Waals surface area contributed by atoms with Gasteiger partial charge in [-0.1, -0.05) is 27.7 Å². The molecule has 0 aromatic carbocycles. The number of rotatable bonds is 1. The van der Waals surface area contributed by atoms with Gasteiger partial charge in [0.1, 0.15) is 11.9 Å². The lowest BCUT2D eigenvalue weighted by Gasteiger charge is -2.61. The zero-order chi connectivity index (χ0) is 24.9. The van der Waals surface area contributed by atoms with Crippen LogP contribution in [0, 0.1) is 52.3 Å². The highest BCUT2D eigenvalue weighted by atomic mass is 16.7. The van der Waals surface area contributed by atoms with Gasteiger partial charge in [-0.25, -0.2) is 0 Å². The average Bonchev–Trinajstić information content (AvgIpc) is 3.23. The number of carbonyl (C=O) groups is 2. The van der Waals surface area contributed by atoms with E-state index in [-0.39, 0.29) is 28.8 Å². The van der Waals surface area contributed by atoms with E-state index in [0.29, 0.717) is 60.6 Å². The molecule has 0 aromatic rings. The molecule has 0 amide bonds. The van der Waals surface area contributed by atoms with E-state index in [1.54, 1.807) is 0 Å². The smallest absolute Gasteiger partial charge is 0.302 e. The van der Waals surface area contributed by atoms with Crippen LogP contribution >= 0.6 is 0 Å². The number of fused-ring (bicyclic) bond motifs is 7. The molecule has 6 fully saturated rings. The van der Waals surface area contributed by atoms with Crippen LogP contribution in [0.25, 0.3) is 0 Å². The second-order valence-corrected chi connectivity index (χ2v) is 13.8. The van der Waals surface area contributed by atoms with Crippen molar-refractivity contribution in [3.05, 3.63) is 0 Å². The summed E-state index contributed by atoms with van der Waals surface area (Å²) < 4.78 is 18.8. The monoisotopic (exact) mass is 488 g/mol. The SMILES string of the molecule is CC(=O)O[C@H]1C[C@@]2(C)[C@H](C[C@H]1O)C(=O)C[C@@H]1[C@@H]2CC[C@]2(C)[C@@H]3[C@H](C[C@@H]12)O[C@]1(CCC(C)CO1)[C@H]3C. The van der Waals surface area contributed by atoms with Crippen molar-refractivity contribution in [2.24, 2.45) is 52.3 Å². The van der Waals surface area contributed by atoms with E-state index in [0.717, 1.165) is 38.7 Å². The van der Waals surface area contributed by atoms with Gasteiger partial charge in [0, 0.05) is 31.6 Å². The lowest BCUT2D eigenvalue weighted by atomic mass is 9.43. The van der Waals surface area contributed by atoms with Crippen molar-refractivity contribution in [2.75, 3.05) is 6.61 Å². The number of ether oxygens (including phenoxy) is 3. The first-order valence-electron chi connectivity index (χ1n) is 14.2. The van der Waals surface area contributed by atoms with Gasteiger partial charge in [0.05, 0.1) is 18.8 Å². The fraction of sp³-hybridized carbons (Fsp3) is 0.931. The van der Waals surface area contributed by atoms with Crippen LogP contribution in [0.15, 0.2) is 0 Å². The van der Waals surface area contributed by atoms with Gasteiger partial charge in [0.15, 0.2) is 5.79 Å². The average molecular weight is 489 g/mol. The molecule has 2 heterocycles. The van der Waals surface area contributed by atoms with Crippen LogP contribution in [0.2, 0.25) is 0 Å². The number of ketones is 1. The molecule has 4 saturated carbocycles. The molecule has 1 spiro atoms. The van der Waals surface area contributed by atoms with Gasteiger partial charge in [-0.3, -0.25) is 9.59 Å². The Morgan fingerprint density at radius 1 is 1.09 bits per heavy atom. The van der Waals surface area contributed by atoms with Gasteiger partial charge in [0.2, 0.25) is 0 Å². The molecular weight excluding hydrogens is 444 g/mol. The van der Waals surface area contributed by atoms with Crippen molar-refractivity contribution >= 4 is 11.8 Å². The highest BCUT2D eigenvalue weighted by molar-refractivity contribution is 5.83. The summed E-state index contributed by atoms with van der Waals surface area (Å²) >= 11 is 0. The quantitative estimate of drug-likeness (QED) is 0.547. The van der Waals surface area contributed by atoms with Crippen LogP contribution in [0.1, 0.15) is 86.0 Å². The Hall–Kier alpha value is -0.980. The maximum Gasteiger partial charge on any atom is 0.302 e. The first-order valence-corrected chi connectivity index (χ1v) is 14.2. The molecule has 6 aliphatic rings. The summed E-state index contributed by atoms with van der Waals surface area (Å²) in [5.41, 5.74) is -0.0667. The number of esters is 1. The topological polar surface area (TPSA) is 82.1 Å². The molecule has 35 heavy (non-hydrogen) atoms. The highest BCUT2D eigenvalue weighted by Gasteiger charge is 2.70. The van der Waals surface area contributed by atoms with Crippen LogP contribution in [0.4, 0.5) is 0 Å². The predicted molar refractivity (Wildman–Crippen MR) is 129 cm³/mol. The highest BCUT2D eigenvalue weighted by Crippen LogP contribution is 2.71. The minimum atomic E-state index is -0.749. The Morgan fingerprint density at radius 2 is 1.86 bits per heavy atom. The van der Waals surface area contributed by atoms with Gasteiger partial charge in [0.25, 0.3) is 0 Å². The molecule has 0 bridgehead atoms. The Kier molecular flexibility index (Phi) is 5.57. The third kappa shape index (κ3) is 3.38. The Bertz CT molecular complexity index is 894. The third-order valence-electron chi connectivity index (χ3n) is 12.0. The molecule has 0 aromatic heterocycles. The van der Waals surface area contributed by atoms with Crippen LogP contribution in [0.5, 0.6) is 0 Å².